The highest BCUT2D eigenvalue weighted by Gasteiger charge is 2.18. The molecule has 0 aromatic carbocycles. The van der Waals surface area contributed by atoms with Gasteiger partial charge in [0.05, 0.1) is 6.61 Å². The Morgan fingerprint density at radius 2 is 2.06 bits per heavy atom. The Kier molecular flexibility index (Phi) is 7.01. The third-order valence-corrected chi connectivity index (χ3v) is 3.16. The van der Waals surface area contributed by atoms with Crippen LogP contribution >= 0.6 is 0 Å². The maximum absolute atomic E-state index is 5.52. The molecule has 1 heterocycles. The average Bonchev–Trinajstić information content (AvgIpc) is 2.52. The highest BCUT2D eigenvalue weighted by Crippen LogP contribution is 2.10. The minimum absolute atomic E-state index is 0.586. The standard InChI is InChI=1S/C13H28N2O/c1-4-6-13(11-14-12(2)3)15-7-5-9-16-10-8-15/h12-14H,4-11H2,1-3H3. The molecular weight excluding hydrogens is 200 g/mol. The third kappa shape index (κ3) is 5.28. The smallest absolute Gasteiger partial charge is 0.0593 e. The van der Waals surface area contributed by atoms with Crippen molar-refractivity contribution in [2.24, 2.45) is 0 Å². The molecule has 1 unspecified atom stereocenters. The largest absolute Gasteiger partial charge is 0.380 e. The van der Waals surface area contributed by atoms with Crippen molar-refractivity contribution >= 4 is 0 Å². The van der Waals surface area contributed by atoms with Gasteiger partial charge >= 0.3 is 0 Å². The molecule has 1 N–H and O–H groups in total. The van der Waals surface area contributed by atoms with E-state index in [1.54, 1.807) is 0 Å². The van der Waals surface area contributed by atoms with Crippen LogP contribution in [0.3, 0.4) is 0 Å². The summed E-state index contributed by atoms with van der Waals surface area (Å²) in [6.45, 7) is 12.0. The van der Waals surface area contributed by atoms with Gasteiger partial charge in [0.1, 0.15) is 0 Å². The molecular formula is C13H28N2O. The molecule has 1 aliphatic heterocycles. The van der Waals surface area contributed by atoms with E-state index in [1.807, 2.05) is 0 Å². The molecule has 1 saturated heterocycles. The SMILES string of the molecule is CCCC(CNC(C)C)N1CCCOCC1. The van der Waals surface area contributed by atoms with Gasteiger partial charge in [-0.2, -0.15) is 0 Å². The molecule has 1 fully saturated rings. The van der Waals surface area contributed by atoms with Crippen LogP contribution in [0.25, 0.3) is 0 Å². The summed E-state index contributed by atoms with van der Waals surface area (Å²) >= 11 is 0. The van der Waals surface area contributed by atoms with E-state index in [4.69, 9.17) is 4.74 Å². The summed E-state index contributed by atoms with van der Waals surface area (Å²) in [5.41, 5.74) is 0. The van der Waals surface area contributed by atoms with Crippen LogP contribution in [0.5, 0.6) is 0 Å². The molecule has 0 saturated carbocycles. The van der Waals surface area contributed by atoms with Crippen molar-refractivity contribution in [1.82, 2.24) is 10.2 Å². The van der Waals surface area contributed by atoms with Gasteiger partial charge in [-0.05, 0) is 12.8 Å². The minimum Gasteiger partial charge on any atom is -0.380 e. The van der Waals surface area contributed by atoms with Crippen LogP contribution in [0, 0.1) is 0 Å². The van der Waals surface area contributed by atoms with Crippen molar-refractivity contribution in [3.8, 4) is 0 Å². The fourth-order valence-corrected chi connectivity index (χ4v) is 2.25. The molecule has 0 bridgehead atoms. The normalized spacial score (nSPS) is 21.0. The molecule has 0 spiro atoms. The van der Waals surface area contributed by atoms with Gasteiger partial charge in [0, 0.05) is 38.3 Å². The van der Waals surface area contributed by atoms with Crippen LogP contribution in [0.4, 0.5) is 0 Å². The van der Waals surface area contributed by atoms with Crippen LogP contribution in [-0.4, -0.2) is 49.8 Å². The number of ether oxygens (including phenoxy) is 1. The van der Waals surface area contributed by atoms with E-state index in [0.29, 0.717) is 12.1 Å². The second-order valence-corrected chi connectivity index (χ2v) is 5.01. The van der Waals surface area contributed by atoms with Gasteiger partial charge in [-0.25, -0.2) is 0 Å². The molecule has 96 valence electrons. The number of hydrogen-bond acceptors (Lipinski definition) is 3. The van der Waals surface area contributed by atoms with E-state index in [2.05, 4.69) is 31.0 Å². The van der Waals surface area contributed by atoms with Gasteiger partial charge in [-0.3, -0.25) is 4.90 Å². The molecule has 3 nitrogen and oxygen atoms in total. The molecule has 16 heavy (non-hydrogen) atoms. The van der Waals surface area contributed by atoms with E-state index in [9.17, 15) is 0 Å². The van der Waals surface area contributed by atoms with Gasteiger partial charge in [-0.15, -0.1) is 0 Å². The Labute approximate surface area is 101 Å². The summed E-state index contributed by atoms with van der Waals surface area (Å²) in [5.74, 6) is 0. The predicted molar refractivity (Wildman–Crippen MR) is 68.8 cm³/mol. The van der Waals surface area contributed by atoms with E-state index in [-0.39, 0.29) is 0 Å². The second kappa shape index (κ2) is 8.04. The first-order chi connectivity index (χ1) is 7.74. The Hall–Kier alpha value is -0.120. The van der Waals surface area contributed by atoms with Crippen LogP contribution in [-0.2, 0) is 4.74 Å². The zero-order chi connectivity index (χ0) is 11.8. The summed E-state index contributed by atoms with van der Waals surface area (Å²) in [4.78, 5) is 2.60. The van der Waals surface area contributed by atoms with Gasteiger partial charge in [0.25, 0.3) is 0 Å². The first-order valence-electron chi connectivity index (χ1n) is 6.79. The summed E-state index contributed by atoms with van der Waals surface area (Å²) in [6, 6.07) is 1.27. The fraction of sp³-hybridized carbons (Fsp3) is 1.00. The lowest BCUT2D eigenvalue weighted by Crippen LogP contribution is -2.45. The van der Waals surface area contributed by atoms with Crippen molar-refractivity contribution in [3.05, 3.63) is 0 Å². The summed E-state index contributed by atoms with van der Waals surface area (Å²) in [6.07, 6.45) is 3.74. The lowest BCUT2D eigenvalue weighted by atomic mass is 10.1. The van der Waals surface area contributed by atoms with Crippen molar-refractivity contribution in [1.29, 1.82) is 0 Å². The highest BCUT2D eigenvalue weighted by atomic mass is 16.5. The number of hydrogen-bond donors (Lipinski definition) is 1. The first-order valence-corrected chi connectivity index (χ1v) is 6.79. The monoisotopic (exact) mass is 228 g/mol. The molecule has 0 amide bonds. The molecule has 1 atom stereocenters. The van der Waals surface area contributed by atoms with Crippen molar-refractivity contribution in [2.45, 2.75) is 52.1 Å². The van der Waals surface area contributed by atoms with Crippen LogP contribution in [0.15, 0.2) is 0 Å². The fourth-order valence-electron chi connectivity index (χ4n) is 2.25. The van der Waals surface area contributed by atoms with Crippen molar-refractivity contribution in [2.75, 3.05) is 32.8 Å². The topological polar surface area (TPSA) is 24.5 Å². The summed E-state index contributed by atoms with van der Waals surface area (Å²) in [7, 11) is 0. The molecule has 0 aromatic rings. The van der Waals surface area contributed by atoms with E-state index in [1.165, 1.54) is 25.8 Å². The van der Waals surface area contributed by atoms with E-state index < -0.39 is 0 Å². The molecule has 3 heteroatoms. The first kappa shape index (κ1) is 13.9. The molecule has 0 aliphatic carbocycles. The molecule has 1 rings (SSSR count). The van der Waals surface area contributed by atoms with Crippen molar-refractivity contribution in [3.63, 3.8) is 0 Å². The summed E-state index contributed by atoms with van der Waals surface area (Å²) in [5, 5.41) is 3.57. The molecule has 0 radical (unpaired) electrons. The number of nitrogens with one attached hydrogen (secondary N) is 1. The van der Waals surface area contributed by atoms with Gasteiger partial charge in [0.15, 0.2) is 0 Å². The zero-order valence-corrected chi connectivity index (χ0v) is 11.2. The predicted octanol–water partition coefficient (Wildman–Crippen LogP) is 1.88. The second-order valence-electron chi connectivity index (χ2n) is 5.01. The van der Waals surface area contributed by atoms with Crippen LogP contribution in [0.1, 0.15) is 40.0 Å². The lowest BCUT2D eigenvalue weighted by molar-refractivity contribution is 0.128. The Morgan fingerprint density at radius 1 is 1.25 bits per heavy atom. The van der Waals surface area contributed by atoms with Gasteiger partial charge < -0.3 is 10.1 Å². The zero-order valence-electron chi connectivity index (χ0n) is 11.2. The molecule has 0 aromatic heterocycles. The Morgan fingerprint density at radius 3 is 2.75 bits per heavy atom. The van der Waals surface area contributed by atoms with Gasteiger partial charge in [0.2, 0.25) is 0 Å². The maximum Gasteiger partial charge on any atom is 0.0593 e. The quantitative estimate of drug-likeness (QED) is 0.751. The van der Waals surface area contributed by atoms with Crippen LogP contribution < -0.4 is 5.32 Å². The lowest BCUT2D eigenvalue weighted by Gasteiger charge is -2.31. The molecule has 1 aliphatic rings. The van der Waals surface area contributed by atoms with Crippen LogP contribution in [0.2, 0.25) is 0 Å². The Bertz CT molecular complexity index is 165. The third-order valence-electron chi connectivity index (χ3n) is 3.16. The number of rotatable bonds is 6. The number of nitrogens with zero attached hydrogens (tertiary/aromatic N) is 1. The van der Waals surface area contributed by atoms with Crippen molar-refractivity contribution < 1.29 is 4.74 Å². The minimum atomic E-state index is 0.586. The van der Waals surface area contributed by atoms with Gasteiger partial charge in [-0.1, -0.05) is 27.2 Å². The average molecular weight is 228 g/mol. The van der Waals surface area contributed by atoms with E-state index >= 15 is 0 Å². The maximum atomic E-state index is 5.52. The summed E-state index contributed by atoms with van der Waals surface area (Å²) < 4.78 is 5.52. The Balaban J connectivity index is 2.39. The highest BCUT2D eigenvalue weighted by molar-refractivity contribution is 4.76. The van der Waals surface area contributed by atoms with E-state index in [0.717, 1.165) is 26.3 Å².